The molecule has 0 aliphatic heterocycles. The molecular weight excluding hydrogens is 254 g/mol. The Hall–Kier alpha value is -1.24. The summed E-state index contributed by atoms with van der Waals surface area (Å²) in [5.74, 6) is 0. The molecule has 0 saturated heterocycles. The fourth-order valence-corrected chi connectivity index (χ4v) is 3.31. The molecule has 2 aromatic rings. The number of aromatic nitrogens is 1. The first-order valence-corrected chi connectivity index (χ1v) is 8.00. The van der Waals surface area contributed by atoms with Crippen LogP contribution in [0.25, 0.3) is 10.8 Å². The van der Waals surface area contributed by atoms with E-state index in [0.717, 1.165) is 0 Å². The Bertz CT molecular complexity index is 640. The van der Waals surface area contributed by atoms with E-state index in [0.29, 0.717) is 0 Å². The summed E-state index contributed by atoms with van der Waals surface area (Å²) < 4.78 is 0. The van der Waals surface area contributed by atoms with Crippen molar-refractivity contribution in [2.24, 2.45) is 0 Å². The third-order valence-electron chi connectivity index (χ3n) is 4.94. The fourth-order valence-electron chi connectivity index (χ4n) is 3.31. The lowest BCUT2D eigenvalue weighted by Crippen LogP contribution is -2.15. The number of aromatic amines is 1. The van der Waals surface area contributed by atoms with E-state index in [-0.39, 0.29) is 10.8 Å². The highest BCUT2D eigenvalue weighted by Crippen LogP contribution is 2.42. The van der Waals surface area contributed by atoms with Crippen molar-refractivity contribution in [3.05, 3.63) is 33.6 Å². The number of benzene rings is 1. The fraction of sp³-hybridized carbons (Fsp3) is 0.600. The van der Waals surface area contributed by atoms with Crippen LogP contribution in [0.3, 0.4) is 0 Å². The molecule has 0 atom stereocenters. The van der Waals surface area contributed by atoms with Gasteiger partial charge in [-0.1, -0.05) is 41.5 Å². The molecule has 0 spiro atoms. The summed E-state index contributed by atoms with van der Waals surface area (Å²) in [5, 5.41) is 2.90. The van der Waals surface area contributed by atoms with Crippen LogP contribution >= 0.6 is 0 Å². The summed E-state index contributed by atoms with van der Waals surface area (Å²) in [6.45, 7) is 22.9. The molecule has 1 heteroatoms. The first-order valence-electron chi connectivity index (χ1n) is 8.00. The van der Waals surface area contributed by atoms with Crippen molar-refractivity contribution in [3.8, 4) is 0 Å². The van der Waals surface area contributed by atoms with E-state index in [1.165, 1.54) is 44.4 Å². The van der Waals surface area contributed by atoms with Gasteiger partial charge in [0.25, 0.3) is 0 Å². The molecule has 0 unspecified atom stereocenters. The standard InChI is InChI=1S/C20H31N/c1-11-12(2)14(4)16-15(13(11)3)17(19(5,6)7)21-18(16)20(8,9)10/h21H,1-10H3. The number of nitrogens with one attached hydrogen (secondary N) is 1. The molecule has 2 rings (SSSR count). The van der Waals surface area contributed by atoms with Crippen molar-refractivity contribution in [1.29, 1.82) is 0 Å². The maximum absolute atomic E-state index is 3.81. The van der Waals surface area contributed by atoms with E-state index in [4.69, 9.17) is 0 Å². The highest BCUT2D eigenvalue weighted by atomic mass is 14.8. The zero-order chi connectivity index (χ0) is 16.3. The van der Waals surface area contributed by atoms with Gasteiger partial charge in [0.2, 0.25) is 0 Å². The van der Waals surface area contributed by atoms with Crippen molar-refractivity contribution in [1.82, 2.24) is 4.98 Å². The van der Waals surface area contributed by atoms with Crippen LogP contribution in [0.2, 0.25) is 0 Å². The predicted octanol–water partition coefficient (Wildman–Crippen LogP) is 6.00. The van der Waals surface area contributed by atoms with Gasteiger partial charge in [-0.05, 0) is 49.9 Å². The molecule has 0 saturated carbocycles. The van der Waals surface area contributed by atoms with E-state index in [9.17, 15) is 0 Å². The smallest absolute Gasteiger partial charge is 0.0286 e. The van der Waals surface area contributed by atoms with Gasteiger partial charge in [-0.15, -0.1) is 0 Å². The Morgan fingerprint density at radius 1 is 0.524 bits per heavy atom. The largest absolute Gasteiger partial charge is 0.360 e. The summed E-state index contributed by atoms with van der Waals surface area (Å²) in [6.07, 6.45) is 0. The van der Waals surface area contributed by atoms with Gasteiger partial charge >= 0.3 is 0 Å². The third-order valence-corrected chi connectivity index (χ3v) is 4.94. The first-order chi connectivity index (χ1) is 9.37. The number of hydrogen-bond donors (Lipinski definition) is 1. The lowest BCUT2D eigenvalue weighted by Gasteiger charge is -2.20. The van der Waals surface area contributed by atoms with E-state index >= 15 is 0 Å². The Kier molecular flexibility index (Phi) is 3.56. The number of H-pyrrole nitrogens is 1. The minimum atomic E-state index is 0.126. The molecule has 21 heavy (non-hydrogen) atoms. The van der Waals surface area contributed by atoms with Crippen LogP contribution in [-0.2, 0) is 10.8 Å². The Labute approximate surface area is 130 Å². The zero-order valence-electron chi connectivity index (χ0n) is 15.5. The van der Waals surface area contributed by atoms with Crippen molar-refractivity contribution < 1.29 is 0 Å². The van der Waals surface area contributed by atoms with Crippen molar-refractivity contribution in [2.75, 3.05) is 0 Å². The monoisotopic (exact) mass is 285 g/mol. The van der Waals surface area contributed by atoms with Crippen LogP contribution in [0.4, 0.5) is 0 Å². The van der Waals surface area contributed by atoms with Crippen molar-refractivity contribution in [3.63, 3.8) is 0 Å². The molecule has 0 aliphatic rings. The minimum absolute atomic E-state index is 0.126. The van der Waals surface area contributed by atoms with Gasteiger partial charge in [0, 0.05) is 33.0 Å². The molecular formula is C20H31N. The molecule has 0 radical (unpaired) electrons. The molecule has 0 amide bonds. The first kappa shape index (κ1) is 16.1. The summed E-state index contributed by atoms with van der Waals surface area (Å²) in [5.41, 5.74) is 8.75. The Morgan fingerprint density at radius 2 is 0.810 bits per heavy atom. The van der Waals surface area contributed by atoms with Crippen molar-refractivity contribution >= 4 is 10.8 Å². The summed E-state index contributed by atoms with van der Waals surface area (Å²) >= 11 is 0. The molecule has 1 N–H and O–H groups in total. The molecule has 0 fully saturated rings. The number of rotatable bonds is 0. The number of hydrogen-bond acceptors (Lipinski definition) is 0. The molecule has 1 aromatic heterocycles. The molecule has 116 valence electrons. The van der Waals surface area contributed by atoms with E-state index in [1.54, 1.807) is 0 Å². The average molecular weight is 285 g/mol. The predicted molar refractivity (Wildman–Crippen MR) is 94.6 cm³/mol. The quantitative estimate of drug-likeness (QED) is 0.611. The lowest BCUT2D eigenvalue weighted by molar-refractivity contribution is 0.547. The summed E-state index contributed by atoms with van der Waals surface area (Å²) in [4.78, 5) is 3.81. The summed E-state index contributed by atoms with van der Waals surface area (Å²) in [7, 11) is 0. The van der Waals surface area contributed by atoms with Crippen LogP contribution in [0.15, 0.2) is 0 Å². The zero-order valence-corrected chi connectivity index (χ0v) is 15.5. The second-order valence-electron chi connectivity index (χ2n) is 8.62. The topological polar surface area (TPSA) is 15.8 Å². The Balaban J connectivity index is 3.11. The minimum Gasteiger partial charge on any atom is -0.360 e. The van der Waals surface area contributed by atoms with Gasteiger partial charge < -0.3 is 4.98 Å². The molecule has 1 heterocycles. The highest BCUT2D eigenvalue weighted by molar-refractivity contribution is 5.96. The Morgan fingerprint density at radius 3 is 1.05 bits per heavy atom. The van der Waals surface area contributed by atoms with Gasteiger partial charge in [0.1, 0.15) is 0 Å². The third kappa shape index (κ3) is 2.41. The summed E-state index contributed by atoms with van der Waals surface area (Å²) in [6, 6.07) is 0. The van der Waals surface area contributed by atoms with Crippen LogP contribution in [0.5, 0.6) is 0 Å². The van der Waals surface area contributed by atoms with Crippen LogP contribution in [0.1, 0.15) is 75.2 Å². The lowest BCUT2D eigenvalue weighted by atomic mass is 9.83. The van der Waals surface area contributed by atoms with E-state index in [2.05, 4.69) is 74.2 Å². The van der Waals surface area contributed by atoms with Gasteiger partial charge in [0.05, 0.1) is 0 Å². The molecule has 0 aliphatic carbocycles. The SMILES string of the molecule is Cc1c(C)c(C)c2c(C(C)(C)C)[nH]c(C(C)(C)C)c2c1C. The maximum atomic E-state index is 3.81. The molecule has 0 bridgehead atoms. The van der Waals surface area contributed by atoms with Crippen LogP contribution in [-0.4, -0.2) is 4.98 Å². The van der Waals surface area contributed by atoms with E-state index in [1.807, 2.05) is 0 Å². The second-order valence-corrected chi connectivity index (χ2v) is 8.62. The number of aryl methyl sites for hydroxylation is 2. The highest BCUT2D eigenvalue weighted by Gasteiger charge is 2.29. The molecule has 1 nitrogen and oxygen atoms in total. The number of fused-ring (bicyclic) bond motifs is 1. The van der Waals surface area contributed by atoms with Gasteiger partial charge in [-0.25, -0.2) is 0 Å². The average Bonchev–Trinajstić information content (AvgIpc) is 2.73. The van der Waals surface area contributed by atoms with Gasteiger partial charge in [-0.3, -0.25) is 0 Å². The van der Waals surface area contributed by atoms with Gasteiger partial charge in [0.15, 0.2) is 0 Å². The van der Waals surface area contributed by atoms with Crippen LogP contribution in [0, 0.1) is 27.7 Å². The normalized spacial score (nSPS) is 13.2. The molecule has 1 aromatic carbocycles. The van der Waals surface area contributed by atoms with E-state index < -0.39 is 0 Å². The maximum Gasteiger partial charge on any atom is 0.0286 e. The van der Waals surface area contributed by atoms with Crippen molar-refractivity contribution in [2.45, 2.75) is 80.1 Å². The van der Waals surface area contributed by atoms with Gasteiger partial charge in [-0.2, -0.15) is 0 Å². The second kappa shape index (κ2) is 4.63. The van der Waals surface area contributed by atoms with Crippen LogP contribution < -0.4 is 0 Å².